The summed E-state index contributed by atoms with van der Waals surface area (Å²) in [6.07, 6.45) is 2.33. The number of aliphatic carboxylic acids is 1. The number of methoxy groups -OCH3 is 1. The molecule has 1 aromatic rings. The van der Waals surface area contributed by atoms with Gasteiger partial charge in [0.05, 0.1) is 12.7 Å². The van der Waals surface area contributed by atoms with Gasteiger partial charge in [0.1, 0.15) is 5.75 Å². The van der Waals surface area contributed by atoms with Crippen molar-refractivity contribution < 1.29 is 14.6 Å². The Hall–Kier alpha value is -1.29. The molecule has 0 radical (unpaired) electrons. The first kappa shape index (κ1) is 10.2. The predicted octanol–water partition coefficient (Wildman–Crippen LogP) is 2.48. The van der Waals surface area contributed by atoms with Gasteiger partial charge in [0.2, 0.25) is 0 Å². The van der Waals surface area contributed by atoms with Gasteiger partial charge < -0.3 is 9.84 Å². The van der Waals surface area contributed by atoms with Gasteiger partial charge in [-0.15, -0.1) is 0 Å². The van der Waals surface area contributed by atoms with Crippen LogP contribution in [0, 0.1) is 0 Å². The Balaban J connectivity index is 2.59. The summed E-state index contributed by atoms with van der Waals surface area (Å²) in [7, 11) is 1.58. The van der Waals surface area contributed by atoms with Crippen molar-refractivity contribution in [3.8, 4) is 5.75 Å². The van der Waals surface area contributed by atoms with Crippen molar-refractivity contribution in [1.29, 1.82) is 0 Å². The minimum atomic E-state index is -0.895. The molecule has 0 spiro atoms. The van der Waals surface area contributed by atoms with Crippen LogP contribution in [-0.2, 0) is 11.2 Å². The summed E-state index contributed by atoms with van der Waals surface area (Å²) >= 11 is 3.33. The number of hydrogen-bond acceptors (Lipinski definition) is 2. The van der Waals surface area contributed by atoms with Crippen molar-refractivity contribution in [2.45, 2.75) is 6.42 Å². The molecule has 4 heteroatoms. The van der Waals surface area contributed by atoms with Crippen molar-refractivity contribution >= 4 is 27.5 Å². The number of ether oxygens (including phenoxy) is 1. The summed E-state index contributed by atoms with van der Waals surface area (Å²) in [6.45, 7) is 0. The first-order chi connectivity index (χ1) is 7.13. The molecule has 0 heterocycles. The number of halogens is 1. The highest BCUT2D eigenvalue weighted by atomic mass is 79.9. The number of hydrogen-bond donors (Lipinski definition) is 1. The highest BCUT2D eigenvalue weighted by Crippen LogP contribution is 2.36. The SMILES string of the molecule is COc1cc(Br)cc2c1CC=C2C(=O)O. The molecule has 0 fully saturated rings. The molecular weight excluding hydrogens is 260 g/mol. The molecule has 0 saturated heterocycles. The van der Waals surface area contributed by atoms with Crippen LogP contribution in [0.1, 0.15) is 11.1 Å². The molecule has 0 saturated carbocycles. The maximum atomic E-state index is 11.0. The normalized spacial score (nSPS) is 13.3. The topological polar surface area (TPSA) is 46.5 Å². The van der Waals surface area contributed by atoms with E-state index < -0.39 is 5.97 Å². The second-order valence-electron chi connectivity index (χ2n) is 3.26. The second-order valence-corrected chi connectivity index (χ2v) is 4.18. The van der Waals surface area contributed by atoms with Gasteiger partial charge in [0, 0.05) is 10.0 Å². The van der Waals surface area contributed by atoms with Crippen LogP contribution in [0.4, 0.5) is 0 Å². The molecule has 0 atom stereocenters. The third kappa shape index (κ3) is 1.65. The lowest BCUT2D eigenvalue weighted by atomic mass is 10.1. The average molecular weight is 269 g/mol. The molecule has 3 nitrogen and oxygen atoms in total. The average Bonchev–Trinajstić information content (AvgIpc) is 2.59. The predicted molar refractivity (Wildman–Crippen MR) is 60.0 cm³/mol. The Morgan fingerprint density at radius 3 is 2.87 bits per heavy atom. The van der Waals surface area contributed by atoms with E-state index in [9.17, 15) is 4.79 Å². The van der Waals surface area contributed by atoms with Crippen LogP contribution in [0.25, 0.3) is 5.57 Å². The van der Waals surface area contributed by atoms with Crippen LogP contribution in [-0.4, -0.2) is 18.2 Å². The zero-order valence-electron chi connectivity index (χ0n) is 8.08. The van der Waals surface area contributed by atoms with Crippen LogP contribution in [0.15, 0.2) is 22.7 Å². The monoisotopic (exact) mass is 268 g/mol. The number of carboxylic acids is 1. The van der Waals surface area contributed by atoms with Gasteiger partial charge in [-0.2, -0.15) is 0 Å². The van der Waals surface area contributed by atoms with Crippen LogP contribution in [0.2, 0.25) is 0 Å². The van der Waals surface area contributed by atoms with Crippen LogP contribution in [0.5, 0.6) is 5.75 Å². The number of fused-ring (bicyclic) bond motifs is 1. The van der Waals surface area contributed by atoms with Gasteiger partial charge in [0.15, 0.2) is 0 Å². The van der Waals surface area contributed by atoms with E-state index in [2.05, 4.69) is 15.9 Å². The number of rotatable bonds is 2. The largest absolute Gasteiger partial charge is 0.496 e. The van der Waals surface area contributed by atoms with Crippen molar-refractivity contribution in [2.75, 3.05) is 7.11 Å². The fraction of sp³-hybridized carbons (Fsp3) is 0.182. The smallest absolute Gasteiger partial charge is 0.335 e. The van der Waals surface area contributed by atoms with E-state index in [-0.39, 0.29) is 0 Å². The minimum Gasteiger partial charge on any atom is -0.496 e. The summed E-state index contributed by atoms with van der Waals surface area (Å²) < 4.78 is 6.04. The van der Waals surface area contributed by atoms with Crippen molar-refractivity contribution in [3.05, 3.63) is 33.8 Å². The molecule has 0 aromatic heterocycles. The lowest BCUT2D eigenvalue weighted by Crippen LogP contribution is -1.99. The quantitative estimate of drug-likeness (QED) is 0.897. The Bertz CT molecular complexity index is 463. The molecule has 2 rings (SSSR count). The maximum Gasteiger partial charge on any atom is 0.335 e. The second kappa shape index (κ2) is 3.70. The third-order valence-electron chi connectivity index (χ3n) is 2.42. The van der Waals surface area contributed by atoms with E-state index in [4.69, 9.17) is 9.84 Å². The third-order valence-corrected chi connectivity index (χ3v) is 2.88. The van der Waals surface area contributed by atoms with Gasteiger partial charge in [0.25, 0.3) is 0 Å². The zero-order chi connectivity index (χ0) is 11.0. The highest BCUT2D eigenvalue weighted by Gasteiger charge is 2.23. The fourth-order valence-electron chi connectivity index (χ4n) is 1.76. The Morgan fingerprint density at radius 1 is 1.53 bits per heavy atom. The van der Waals surface area contributed by atoms with Crippen LogP contribution in [0.3, 0.4) is 0 Å². The van der Waals surface area contributed by atoms with E-state index in [1.54, 1.807) is 13.2 Å². The molecule has 0 aliphatic heterocycles. The van der Waals surface area contributed by atoms with Gasteiger partial charge in [-0.05, 0) is 24.1 Å². The fourth-order valence-corrected chi connectivity index (χ4v) is 2.20. The molecule has 1 aromatic carbocycles. The van der Waals surface area contributed by atoms with E-state index in [1.165, 1.54) is 0 Å². The van der Waals surface area contributed by atoms with Crippen LogP contribution >= 0.6 is 15.9 Å². The summed E-state index contributed by atoms with van der Waals surface area (Å²) in [5, 5.41) is 8.99. The molecule has 0 bridgehead atoms. The molecule has 0 amide bonds. The summed E-state index contributed by atoms with van der Waals surface area (Å²) in [5.74, 6) is -0.166. The number of carbonyl (C=O) groups is 1. The van der Waals surface area contributed by atoms with Gasteiger partial charge in [-0.3, -0.25) is 0 Å². The van der Waals surface area contributed by atoms with Crippen molar-refractivity contribution in [2.24, 2.45) is 0 Å². The standard InChI is InChI=1S/C11H9BrO3/c1-15-10-5-6(12)4-9-7(10)2-3-8(9)11(13)14/h3-5H,2H2,1H3,(H,13,14). The Morgan fingerprint density at radius 2 is 2.27 bits per heavy atom. The van der Waals surface area contributed by atoms with Gasteiger partial charge >= 0.3 is 5.97 Å². The molecular formula is C11H9BrO3. The lowest BCUT2D eigenvalue weighted by Gasteiger charge is -2.08. The van der Waals surface area contributed by atoms with E-state index >= 15 is 0 Å². The van der Waals surface area contributed by atoms with Gasteiger partial charge in [-0.1, -0.05) is 22.0 Å². The van der Waals surface area contributed by atoms with E-state index in [0.29, 0.717) is 12.0 Å². The van der Waals surface area contributed by atoms with E-state index in [1.807, 2.05) is 12.1 Å². The first-order valence-electron chi connectivity index (χ1n) is 4.43. The molecule has 1 N–H and O–H groups in total. The minimum absolute atomic E-state index is 0.351. The lowest BCUT2D eigenvalue weighted by molar-refractivity contribution is -0.130. The summed E-state index contributed by atoms with van der Waals surface area (Å²) in [5.41, 5.74) is 2.04. The number of benzene rings is 1. The summed E-state index contributed by atoms with van der Waals surface area (Å²) in [6, 6.07) is 3.66. The van der Waals surface area contributed by atoms with Gasteiger partial charge in [-0.25, -0.2) is 4.79 Å². The molecule has 1 aliphatic carbocycles. The first-order valence-corrected chi connectivity index (χ1v) is 5.23. The molecule has 15 heavy (non-hydrogen) atoms. The maximum absolute atomic E-state index is 11.0. The van der Waals surface area contributed by atoms with Crippen LogP contribution < -0.4 is 4.74 Å². The number of carboxylic acid groups (broad SMARTS) is 1. The molecule has 0 unspecified atom stereocenters. The summed E-state index contributed by atoms with van der Waals surface area (Å²) in [4.78, 5) is 11.0. The van der Waals surface area contributed by atoms with Crippen molar-refractivity contribution in [1.82, 2.24) is 0 Å². The Labute approximate surface area is 95.5 Å². The zero-order valence-corrected chi connectivity index (χ0v) is 9.67. The Kier molecular flexibility index (Phi) is 2.52. The highest BCUT2D eigenvalue weighted by molar-refractivity contribution is 9.10. The number of allylic oxidation sites excluding steroid dienone is 1. The molecule has 1 aliphatic rings. The van der Waals surface area contributed by atoms with Crippen molar-refractivity contribution in [3.63, 3.8) is 0 Å². The molecule has 78 valence electrons. The van der Waals surface area contributed by atoms with E-state index in [0.717, 1.165) is 21.3 Å².